The van der Waals surface area contributed by atoms with Gasteiger partial charge in [-0.2, -0.15) is 0 Å². The predicted octanol–water partition coefficient (Wildman–Crippen LogP) is 3.13. The van der Waals surface area contributed by atoms with Crippen LogP contribution in [0.3, 0.4) is 0 Å². The molecule has 0 radical (unpaired) electrons. The smallest absolute Gasteiger partial charge is 0.321 e. The molecule has 0 aromatic heterocycles. The highest BCUT2D eigenvalue weighted by atomic mass is 35.5. The number of carbonyl (C=O) groups is 1. The van der Waals surface area contributed by atoms with Gasteiger partial charge in [0.2, 0.25) is 0 Å². The lowest BCUT2D eigenvalue weighted by Crippen LogP contribution is -2.38. The van der Waals surface area contributed by atoms with Gasteiger partial charge in [-0.15, -0.1) is 12.4 Å². The first kappa shape index (κ1) is 12.8. The maximum Gasteiger partial charge on any atom is 0.321 e. The van der Waals surface area contributed by atoms with Crippen molar-refractivity contribution >= 4 is 24.1 Å². The second-order valence-electron chi connectivity index (χ2n) is 3.84. The Hall–Kier alpha value is -1.22. The molecule has 16 heavy (non-hydrogen) atoms. The molecule has 0 saturated carbocycles. The van der Waals surface area contributed by atoms with Gasteiger partial charge in [0, 0.05) is 18.8 Å². The highest BCUT2D eigenvalue weighted by molar-refractivity contribution is 5.89. The normalized spacial score (nSPS) is 15.1. The molecular formula is C12H17ClN2O. The summed E-state index contributed by atoms with van der Waals surface area (Å²) in [5.41, 5.74) is 0.869. The van der Waals surface area contributed by atoms with E-state index in [2.05, 4.69) is 5.32 Å². The summed E-state index contributed by atoms with van der Waals surface area (Å²) in [6.07, 6.45) is 3.50. The first-order valence-corrected chi connectivity index (χ1v) is 5.47. The second kappa shape index (κ2) is 6.38. The number of rotatable bonds is 1. The van der Waals surface area contributed by atoms with Crippen LogP contribution in [0.2, 0.25) is 0 Å². The molecule has 0 bridgehead atoms. The van der Waals surface area contributed by atoms with Crippen LogP contribution in [0.15, 0.2) is 30.3 Å². The quantitative estimate of drug-likeness (QED) is 0.804. The van der Waals surface area contributed by atoms with Crippen LogP contribution >= 0.6 is 12.4 Å². The lowest BCUT2D eigenvalue weighted by Gasteiger charge is -2.26. The molecule has 1 aliphatic rings. The minimum atomic E-state index is 0. The van der Waals surface area contributed by atoms with E-state index >= 15 is 0 Å². The van der Waals surface area contributed by atoms with Gasteiger partial charge in [-0.25, -0.2) is 4.79 Å². The van der Waals surface area contributed by atoms with E-state index in [4.69, 9.17) is 0 Å². The van der Waals surface area contributed by atoms with Gasteiger partial charge < -0.3 is 10.2 Å². The summed E-state index contributed by atoms with van der Waals surface area (Å²) < 4.78 is 0. The van der Waals surface area contributed by atoms with Gasteiger partial charge in [0.25, 0.3) is 0 Å². The molecule has 0 unspecified atom stereocenters. The van der Waals surface area contributed by atoms with E-state index in [-0.39, 0.29) is 18.4 Å². The number of piperidine rings is 1. The third kappa shape index (κ3) is 3.42. The molecule has 2 amide bonds. The van der Waals surface area contributed by atoms with E-state index in [1.54, 1.807) is 0 Å². The van der Waals surface area contributed by atoms with Crippen molar-refractivity contribution in [2.45, 2.75) is 19.3 Å². The molecule has 0 aliphatic carbocycles. The number of likely N-dealkylation sites (tertiary alicyclic amines) is 1. The molecule has 1 fully saturated rings. The maximum absolute atomic E-state index is 11.8. The minimum absolute atomic E-state index is 0. The van der Waals surface area contributed by atoms with Crippen molar-refractivity contribution in [1.82, 2.24) is 4.90 Å². The van der Waals surface area contributed by atoms with E-state index in [0.717, 1.165) is 31.6 Å². The monoisotopic (exact) mass is 240 g/mol. The number of amides is 2. The first-order valence-electron chi connectivity index (χ1n) is 5.47. The Balaban J connectivity index is 0.00000128. The number of halogens is 1. The number of hydrogen-bond acceptors (Lipinski definition) is 1. The molecule has 1 saturated heterocycles. The average molecular weight is 241 g/mol. The van der Waals surface area contributed by atoms with Gasteiger partial charge >= 0.3 is 6.03 Å². The van der Waals surface area contributed by atoms with Crippen LogP contribution in [0.5, 0.6) is 0 Å². The molecule has 1 aliphatic heterocycles. The van der Waals surface area contributed by atoms with Crippen LogP contribution in [0.25, 0.3) is 0 Å². The molecule has 3 nitrogen and oxygen atoms in total. The van der Waals surface area contributed by atoms with Gasteiger partial charge in [0.15, 0.2) is 0 Å². The number of nitrogens with one attached hydrogen (secondary N) is 1. The Bertz CT molecular complexity index is 323. The molecule has 1 heterocycles. The minimum Gasteiger partial charge on any atom is -0.325 e. The van der Waals surface area contributed by atoms with Crippen LogP contribution in [0.1, 0.15) is 19.3 Å². The zero-order valence-electron chi connectivity index (χ0n) is 9.19. The van der Waals surface area contributed by atoms with Crippen molar-refractivity contribution in [1.29, 1.82) is 0 Å². The molecule has 1 aromatic rings. The lowest BCUT2D eigenvalue weighted by atomic mass is 10.1. The third-order valence-electron chi connectivity index (χ3n) is 2.67. The zero-order valence-corrected chi connectivity index (χ0v) is 10.0. The van der Waals surface area contributed by atoms with E-state index < -0.39 is 0 Å². The summed E-state index contributed by atoms with van der Waals surface area (Å²) in [5, 5.41) is 2.90. The molecule has 0 atom stereocenters. The van der Waals surface area contributed by atoms with Crippen molar-refractivity contribution in [2.75, 3.05) is 18.4 Å². The highest BCUT2D eigenvalue weighted by Gasteiger charge is 2.15. The van der Waals surface area contributed by atoms with Crippen LogP contribution < -0.4 is 5.32 Å². The van der Waals surface area contributed by atoms with Gasteiger partial charge in [-0.1, -0.05) is 18.2 Å². The van der Waals surface area contributed by atoms with E-state index in [1.807, 2.05) is 35.2 Å². The fourth-order valence-electron chi connectivity index (χ4n) is 1.82. The van der Waals surface area contributed by atoms with Gasteiger partial charge in [-0.05, 0) is 31.4 Å². The number of nitrogens with zero attached hydrogens (tertiary/aromatic N) is 1. The molecule has 0 spiro atoms. The molecule has 1 aromatic carbocycles. The lowest BCUT2D eigenvalue weighted by molar-refractivity contribution is 0.200. The summed E-state index contributed by atoms with van der Waals surface area (Å²) in [6, 6.07) is 9.62. The Morgan fingerprint density at radius 1 is 1.06 bits per heavy atom. The number of benzene rings is 1. The number of urea groups is 1. The van der Waals surface area contributed by atoms with E-state index in [9.17, 15) is 4.79 Å². The SMILES string of the molecule is Cl.O=C(Nc1ccccc1)N1CCCCC1. The Kier molecular flexibility index (Phi) is 5.12. The predicted molar refractivity (Wildman–Crippen MR) is 68.1 cm³/mol. The number of anilines is 1. The van der Waals surface area contributed by atoms with Gasteiger partial charge in [-0.3, -0.25) is 0 Å². The summed E-state index contributed by atoms with van der Waals surface area (Å²) in [4.78, 5) is 13.7. The zero-order chi connectivity index (χ0) is 10.5. The largest absolute Gasteiger partial charge is 0.325 e. The van der Waals surface area contributed by atoms with Crippen molar-refractivity contribution in [3.05, 3.63) is 30.3 Å². The summed E-state index contributed by atoms with van der Waals surface area (Å²) in [6.45, 7) is 1.78. The molecule has 88 valence electrons. The summed E-state index contributed by atoms with van der Waals surface area (Å²) in [7, 11) is 0. The van der Waals surface area contributed by atoms with Crippen molar-refractivity contribution in [2.24, 2.45) is 0 Å². The topological polar surface area (TPSA) is 32.3 Å². The molecule has 1 N–H and O–H groups in total. The summed E-state index contributed by atoms with van der Waals surface area (Å²) in [5.74, 6) is 0. The van der Waals surface area contributed by atoms with Crippen LogP contribution in [0, 0.1) is 0 Å². The molecular weight excluding hydrogens is 224 g/mol. The van der Waals surface area contributed by atoms with Crippen molar-refractivity contribution in [3.8, 4) is 0 Å². The third-order valence-corrected chi connectivity index (χ3v) is 2.67. The average Bonchev–Trinajstić information content (AvgIpc) is 2.31. The van der Waals surface area contributed by atoms with E-state index in [1.165, 1.54) is 6.42 Å². The molecule has 4 heteroatoms. The standard InChI is InChI=1S/C12H16N2O.ClH/c15-12(14-9-5-2-6-10-14)13-11-7-3-1-4-8-11;/h1,3-4,7-8H,2,5-6,9-10H2,(H,13,15);1H. The van der Waals surface area contributed by atoms with Gasteiger partial charge in [0.05, 0.1) is 0 Å². The van der Waals surface area contributed by atoms with Crippen LogP contribution in [0.4, 0.5) is 10.5 Å². The Labute approximate surface area is 102 Å². The fourth-order valence-corrected chi connectivity index (χ4v) is 1.82. The second-order valence-corrected chi connectivity index (χ2v) is 3.84. The number of carbonyl (C=O) groups excluding carboxylic acids is 1. The Morgan fingerprint density at radius 3 is 2.31 bits per heavy atom. The van der Waals surface area contributed by atoms with E-state index in [0.29, 0.717) is 0 Å². The van der Waals surface area contributed by atoms with Crippen molar-refractivity contribution in [3.63, 3.8) is 0 Å². The summed E-state index contributed by atoms with van der Waals surface area (Å²) >= 11 is 0. The maximum atomic E-state index is 11.8. The van der Waals surface area contributed by atoms with Crippen molar-refractivity contribution < 1.29 is 4.79 Å². The van der Waals surface area contributed by atoms with Crippen LogP contribution in [-0.2, 0) is 0 Å². The number of hydrogen-bond donors (Lipinski definition) is 1. The fraction of sp³-hybridized carbons (Fsp3) is 0.417. The van der Waals surface area contributed by atoms with Crippen LogP contribution in [-0.4, -0.2) is 24.0 Å². The Morgan fingerprint density at radius 2 is 1.69 bits per heavy atom. The highest BCUT2D eigenvalue weighted by Crippen LogP contribution is 2.11. The number of para-hydroxylation sites is 1. The first-order chi connectivity index (χ1) is 7.36. The molecule has 2 rings (SSSR count). The van der Waals surface area contributed by atoms with Gasteiger partial charge in [0.1, 0.15) is 0 Å².